The number of amides is 1. The first-order valence-corrected chi connectivity index (χ1v) is 9.52. The zero-order valence-corrected chi connectivity index (χ0v) is 15.4. The van der Waals surface area contributed by atoms with Crippen molar-refractivity contribution in [2.45, 2.75) is 10.9 Å². The van der Waals surface area contributed by atoms with Crippen LogP contribution in [0, 0.1) is 0 Å². The molecule has 1 aromatic heterocycles. The zero-order valence-electron chi connectivity index (χ0n) is 13.8. The van der Waals surface area contributed by atoms with Gasteiger partial charge in [0, 0.05) is 10.1 Å². The van der Waals surface area contributed by atoms with Crippen molar-refractivity contribution in [2.24, 2.45) is 0 Å². The van der Waals surface area contributed by atoms with E-state index in [0.29, 0.717) is 4.88 Å². The Morgan fingerprint density at radius 2 is 1.77 bits per heavy atom. The fourth-order valence-electron chi connectivity index (χ4n) is 2.88. The van der Waals surface area contributed by atoms with Crippen molar-refractivity contribution in [1.82, 2.24) is 4.31 Å². The van der Waals surface area contributed by atoms with Crippen LogP contribution in [0.5, 0.6) is 0 Å². The first-order chi connectivity index (χ1) is 12.6. The first-order valence-electron chi connectivity index (χ1n) is 7.93. The zero-order chi connectivity index (χ0) is 18.3. The van der Waals surface area contributed by atoms with Crippen LogP contribution in [0.3, 0.4) is 0 Å². The molecule has 0 saturated heterocycles. The maximum absolute atomic E-state index is 13.0. The molecule has 0 spiro atoms. The summed E-state index contributed by atoms with van der Waals surface area (Å²) in [6, 6.07) is 14.7. The van der Waals surface area contributed by atoms with Crippen LogP contribution in [0.2, 0.25) is 0 Å². The molecule has 7 heteroatoms. The van der Waals surface area contributed by atoms with Crippen LogP contribution in [-0.4, -0.2) is 29.1 Å². The number of rotatable bonds is 2. The Morgan fingerprint density at radius 1 is 1.04 bits per heavy atom. The average molecular weight is 382 g/mol. The third kappa shape index (κ3) is 2.84. The summed E-state index contributed by atoms with van der Waals surface area (Å²) in [4.78, 5) is 39.2. The highest BCUT2D eigenvalue weighted by Crippen LogP contribution is 2.44. The largest absolute Gasteiger partial charge is 0.321 e. The van der Waals surface area contributed by atoms with Crippen molar-refractivity contribution in [2.75, 3.05) is 12.4 Å². The summed E-state index contributed by atoms with van der Waals surface area (Å²) in [6.45, 7) is 0. The summed E-state index contributed by atoms with van der Waals surface area (Å²) in [6.07, 6.45) is 0. The van der Waals surface area contributed by atoms with E-state index in [4.69, 9.17) is 0 Å². The predicted molar refractivity (Wildman–Crippen MR) is 105 cm³/mol. The second-order valence-electron chi connectivity index (χ2n) is 5.84. The second-order valence-corrected chi connectivity index (χ2v) is 8.06. The minimum absolute atomic E-state index is 0.160. The Hall–Kier alpha value is -2.48. The lowest BCUT2D eigenvalue weighted by molar-refractivity contribution is -0.118. The normalized spacial score (nSPS) is 17.1. The number of fused-ring (bicyclic) bond motifs is 3. The van der Waals surface area contributed by atoms with E-state index in [1.165, 1.54) is 35.4 Å². The molecule has 1 unspecified atom stereocenters. The van der Waals surface area contributed by atoms with Crippen molar-refractivity contribution in [3.05, 3.63) is 69.7 Å². The highest BCUT2D eigenvalue weighted by Gasteiger charge is 2.40. The molecule has 2 heterocycles. The summed E-state index contributed by atoms with van der Waals surface area (Å²) in [5.74, 6) is -0.746. The van der Waals surface area contributed by atoms with E-state index in [0.717, 1.165) is 15.0 Å². The van der Waals surface area contributed by atoms with Crippen LogP contribution < -0.4 is 10.7 Å². The van der Waals surface area contributed by atoms with E-state index in [1.54, 1.807) is 29.6 Å². The third-order valence-electron chi connectivity index (χ3n) is 4.13. The molecule has 0 fully saturated rings. The van der Waals surface area contributed by atoms with E-state index in [2.05, 4.69) is 5.32 Å². The van der Waals surface area contributed by atoms with Gasteiger partial charge in [0.2, 0.25) is 11.2 Å². The molecule has 26 heavy (non-hydrogen) atoms. The van der Waals surface area contributed by atoms with Crippen molar-refractivity contribution < 1.29 is 9.59 Å². The van der Waals surface area contributed by atoms with E-state index < -0.39 is 11.9 Å². The number of nitrogens with zero attached hydrogens (tertiary/aromatic N) is 1. The smallest absolute Gasteiger partial charge is 0.250 e. The van der Waals surface area contributed by atoms with Crippen LogP contribution in [0.4, 0.5) is 5.69 Å². The van der Waals surface area contributed by atoms with Gasteiger partial charge in [0.05, 0.1) is 15.5 Å². The lowest BCUT2D eigenvalue weighted by Gasteiger charge is -2.28. The molecule has 0 radical (unpaired) electrons. The number of likely N-dealkylation sites (N-methyl/N-ethyl adjacent to an activating group) is 1. The molecule has 0 bridgehead atoms. The standard InChI is InChI=1S/C19H14N2O3S2/c1-21-15(19(24)20-12-8-3-2-4-9-13(12)22)16(23)18-17(26-21)11-7-5-6-10-14(11)25-18/h2-10,15H,1H3,(H,20,22,24). The fraction of sp³-hybridized carbons (Fsp3) is 0.105. The van der Waals surface area contributed by atoms with Gasteiger partial charge in [-0.3, -0.25) is 14.4 Å². The Kier molecular flexibility index (Phi) is 4.36. The van der Waals surface area contributed by atoms with Crippen molar-refractivity contribution in [1.29, 1.82) is 0 Å². The van der Waals surface area contributed by atoms with Crippen molar-refractivity contribution in [3.63, 3.8) is 0 Å². The lowest BCUT2D eigenvalue weighted by atomic mass is 10.1. The van der Waals surface area contributed by atoms with E-state index >= 15 is 0 Å². The van der Waals surface area contributed by atoms with Gasteiger partial charge in [-0.1, -0.05) is 36.4 Å². The lowest BCUT2D eigenvalue weighted by Crippen LogP contribution is -2.46. The number of ketones is 1. The molecule has 130 valence electrons. The molecule has 4 rings (SSSR count). The van der Waals surface area contributed by atoms with E-state index in [1.807, 2.05) is 24.3 Å². The van der Waals surface area contributed by atoms with Gasteiger partial charge >= 0.3 is 0 Å². The number of carbonyl (C=O) groups is 2. The molecule has 0 aliphatic carbocycles. The molecule has 1 N–H and O–H groups in total. The van der Waals surface area contributed by atoms with Crippen molar-refractivity contribution in [3.8, 4) is 0 Å². The van der Waals surface area contributed by atoms with Gasteiger partial charge in [-0.05, 0) is 37.2 Å². The molecule has 1 amide bonds. The number of hydrogen-bond donors (Lipinski definition) is 1. The van der Waals surface area contributed by atoms with Crippen LogP contribution in [-0.2, 0) is 4.79 Å². The Bertz CT molecular complexity index is 1090. The number of nitrogens with one attached hydrogen (secondary N) is 1. The quantitative estimate of drug-likeness (QED) is 0.544. The predicted octanol–water partition coefficient (Wildman–Crippen LogP) is 3.40. The highest BCUT2D eigenvalue weighted by molar-refractivity contribution is 7.97. The van der Waals surface area contributed by atoms with Gasteiger partial charge in [-0.25, -0.2) is 4.31 Å². The maximum Gasteiger partial charge on any atom is 0.250 e. The van der Waals surface area contributed by atoms with Crippen LogP contribution >= 0.6 is 23.3 Å². The summed E-state index contributed by atoms with van der Waals surface area (Å²) >= 11 is 2.78. The SMILES string of the molecule is CN1Sc2c(sc3ccccc23)C(=O)C1C(=O)Nc1cccccc1=O. The van der Waals surface area contributed by atoms with Gasteiger partial charge in [0.15, 0.2) is 6.04 Å². The Balaban J connectivity index is 1.69. The first kappa shape index (κ1) is 17.0. The molecule has 0 saturated carbocycles. The topological polar surface area (TPSA) is 66.5 Å². The minimum Gasteiger partial charge on any atom is -0.321 e. The van der Waals surface area contributed by atoms with Gasteiger partial charge < -0.3 is 5.32 Å². The summed E-state index contributed by atoms with van der Waals surface area (Å²) < 4.78 is 2.66. The molecule has 2 aromatic carbocycles. The van der Waals surface area contributed by atoms with Crippen LogP contribution in [0.15, 0.2) is 64.3 Å². The summed E-state index contributed by atoms with van der Waals surface area (Å²) in [5.41, 5.74) is -0.141. The molecule has 1 aliphatic heterocycles. The summed E-state index contributed by atoms with van der Waals surface area (Å²) in [5, 5.41) is 3.62. The summed E-state index contributed by atoms with van der Waals surface area (Å²) in [7, 11) is 1.71. The molecular formula is C19H14N2O3S2. The average Bonchev–Trinajstić information content (AvgIpc) is 2.87. The van der Waals surface area contributed by atoms with Gasteiger partial charge in [0.1, 0.15) is 0 Å². The molecule has 5 nitrogen and oxygen atoms in total. The van der Waals surface area contributed by atoms with Gasteiger partial charge in [-0.15, -0.1) is 11.3 Å². The highest BCUT2D eigenvalue weighted by atomic mass is 32.2. The maximum atomic E-state index is 13.0. The minimum atomic E-state index is -0.981. The number of benzene rings is 1. The molecule has 1 aliphatic rings. The molecular weight excluding hydrogens is 368 g/mol. The number of Topliss-reactive ketones (excluding diaryl/α,β-unsaturated/α-hetero) is 1. The second kappa shape index (κ2) is 6.68. The monoisotopic (exact) mass is 382 g/mol. The number of thiophene rings is 1. The molecule has 3 aromatic rings. The number of anilines is 1. The Morgan fingerprint density at radius 3 is 2.62 bits per heavy atom. The van der Waals surface area contributed by atoms with Crippen molar-refractivity contribution >= 4 is 50.7 Å². The van der Waals surface area contributed by atoms with Gasteiger partial charge in [0.25, 0.3) is 5.91 Å². The van der Waals surface area contributed by atoms with E-state index in [9.17, 15) is 14.4 Å². The van der Waals surface area contributed by atoms with E-state index in [-0.39, 0.29) is 16.9 Å². The Labute approximate surface area is 157 Å². The van der Waals surface area contributed by atoms with Crippen LogP contribution in [0.25, 0.3) is 10.1 Å². The molecule has 1 atom stereocenters. The van der Waals surface area contributed by atoms with Gasteiger partial charge in [-0.2, -0.15) is 0 Å². The number of hydrogen-bond acceptors (Lipinski definition) is 6. The van der Waals surface area contributed by atoms with Crippen LogP contribution in [0.1, 0.15) is 9.67 Å². The fourth-order valence-corrected chi connectivity index (χ4v) is 5.29. The number of carbonyl (C=O) groups excluding carboxylic acids is 2. The third-order valence-corrected chi connectivity index (χ3v) is 6.55.